The Hall–Kier alpha value is -3.02. The van der Waals surface area contributed by atoms with Crippen molar-refractivity contribution in [2.75, 3.05) is 0 Å². The van der Waals surface area contributed by atoms with Gasteiger partial charge in [-0.25, -0.2) is 9.59 Å². The Kier molecular flexibility index (Phi) is 8.01. The third-order valence-electron chi connectivity index (χ3n) is 5.92. The molecular weight excluding hydrogens is 418 g/mol. The minimum absolute atomic E-state index is 0.355. The minimum atomic E-state index is -1.15. The van der Waals surface area contributed by atoms with Crippen LogP contribution in [0, 0.1) is 0 Å². The van der Waals surface area contributed by atoms with E-state index in [1.165, 1.54) is 0 Å². The Morgan fingerprint density at radius 2 is 1.67 bits per heavy atom. The first-order valence-corrected chi connectivity index (χ1v) is 12.0. The normalized spacial score (nSPS) is 12.4. The summed E-state index contributed by atoms with van der Waals surface area (Å²) < 4.78 is 13.6. The van der Waals surface area contributed by atoms with Crippen molar-refractivity contribution in [3.8, 4) is 5.75 Å². The number of aromatic nitrogens is 1. The lowest BCUT2D eigenvalue weighted by Gasteiger charge is -2.21. The van der Waals surface area contributed by atoms with Gasteiger partial charge >= 0.3 is 11.7 Å². The lowest BCUT2D eigenvalue weighted by Crippen LogP contribution is -2.20. The van der Waals surface area contributed by atoms with E-state index in [9.17, 15) is 14.7 Å². The van der Waals surface area contributed by atoms with E-state index in [1.54, 1.807) is 4.57 Å². The van der Waals surface area contributed by atoms with Crippen LogP contribution in [0.5, 0.6) is 5.75 Å². The predicted molar refractivity (Wildman–Crippen MR) is 130 cm³/mol. The number of aliphatic carboxylic acids is 1. The van der Waals surface area contributed by atoms with Gasteiger partial charge in [0, 0.05) is 17.7 Å². The molecule has 6 nitrogen and oxygen atoms in total. The number of carbonyl (C=O) groups is 1. The van der Waals surface area contributed by atoms with Gasteiger partial charge in [0.2, 0.25) is 6.10 Å². The summed E-state index contributed by atoms with van der Waals surface area (Å²) in [4.78, 5) is 24.8. The molecule has 0 aliphatic carbocycles. The average Bonchev–Trinajstić information content (AvgIpc) is 3.09. The summed E-state index contributed by atoms with van der Waals surface area (Å²) in [6, 6.07) is 9.49. The highest BCUT2D eigenvalue weighted by atomic mass is 16.5. The summed E-state index contributed by atoms with van der Waals surface area (Å²) in [5.74, 6) is -0.554. The van der Waals surface area contributed by atoms with Crippen LogP contribution in [-0.4, -0.2) is 15.6 Å². The van der Waals surface area contributed by atoms with Crippen LogP contribution in [0.3, 0.4) is 0 Å². The van der Waals surface area contributed by atoms with E-state index < -0.39 is 12.1 Å². The molecule has 0 saturated carbocycles. The summed E-state index contributed by atoms with van der Waals surface area (Å²) in [5, 5.41) is 10.0. The molecule has 0 amide bonds. The third-order valence-corrected chi connectivity index (χ3v) is 5.92. The van der Waals surface area contributed by atoms with Crippen LogP contribution in [0.15, 0.2) is 39.5 Å². The third kappa shape index (κ3) is 5.15. The Labute approximate surface area is 195 Å². The van der Waals surface area contributed by atoms with Crippen molar-refractivity contribution in [3.63, 3.8) is 0 Å². The summed E-state index contributed by atoms with van der Waals surface area (Å²) in [7, 11) is 0. The van der Waals surface area contributed by atoms with Gasteiger partial charge in [0.05, 0.1) is 5.52 Å². The molecule has 0 bridgehead atoms. The van der Waals surface area contributed by atoms with E-state index in [2.05, 4.69) is 20.8 Å². The minimum Gasteiger partial charge on any atom is -0.478 e. The highest BCUT2D eigenvalue weighted by Gasteiger charge is 2.27. The molecule has 1 heterocycles. The first-order chi connectivity index (χ1) is 15.8. The van der Waals surface area contributed by atoms with Gasteiger partial charge in [-0.3, -0.25) is 4.57 Å². The second-order valence-electron chi connectivity index (χ2n) is 8.87. The maximum absolute atomic E-state index is 12.6. The number of hydrogen-bond acceptors (Lipinski definition) is 4. The second-order valence-corrected chi connectivity index (χ2v) is 8.87. The number of ether oxygens (including phenoxy) is 1. The Bertz CT molecular complexity index is 1150. The number of aryl methyl sites for hydroxylation is 3. The van der Waals surface area contributed by atoms with Crippen LogP contribution < -0.4 is 10.5 Å². The van der Waals surface area contributed by atoms with Gasteiger partial charge in [-0.1, -0.05) is 71.7 Å². The number of nitrogens with zero attached hydrogens (tertiary/aromatic N) is 1. The van der Waals surface area contributed by atoms with Crippen LogP contribution in [0.25, 0.3) is 11.1 Å². The molecule has 6 heteroatoms. The molecule has 1 N–H and O–H groups in total. The Balaban J connectivity index is 2.17. The van der Waals surface area contributed by atoms with Crippen molar-refractivity contribution in [1.29, 1.82) is 0 Å². The van der Waals surface area contributed by atoms with Gasteiger partial charge in [-0.05, 0) is 42.4 Å². The molecule has 1 aromatic heterocycles. The SMILES string of the molecule is CCCc1cc2c(oc(=O)n2CCC)c(CCC)c1O[C@H](C(=O)O)c1ccc(C(C)C)cc1. The van der Waals surface area contributed by atoms with E-state index in [-0.39, 0.29) is 5.76 Å². The zero-order valence-electron chi connectivity index (χ0n) is 20.3. The number of fused-ring (bicyclic) bond motifs is 1. The van der Waals surface area contributed by atoms with Gasteiger partial charge < -0.3 is 14.3 Å². The van der Waals surface area contributed by atoms with Crippen LogP contribution in [-0.2, 0) is 24.2 Å². The molecule has 178 valence electrons. The molecule has 0 saturated heterocycles. The molecule has 0 radical (unpaired) electrons. The molecule has 3 rings (SSSR count). The Morgan fingerprint density at radius 3 is 2.21 bits per heavy atom. The van der Waals surface area contributed by atoms with Gasteiger partial charge in [0.1, 0.15) is 5.75 Å². The number of rotatable bonds is 11. The molecule has 2 aromatic carbocycles. The topological polar surface area (TPSA) is 81.7 Å². The van der Waals surface area contributed by atoms with Gasteiger partial charge in [0.15, 0.2) is 5.58 Å². The highest BCUT2D eigenvalue weighted by Crippen LogP contribution is 2.37. The maximum atomic E-state index is 12.6. The van der Waals surface area contributed by atoms with Crippen LogP contribution >= 0.6 is 0 Å². The number of benzene rings is 2. The molecule has 1 atom stereocenters. The zero-order valence-corrected chi connectivity index (χ0v) is 20.3. The van der Waals surface area contributed by atoms with Gasteiger partial charge in [-0.2, -0.15) is 0 Å². The molecule has 0 unspecified atom stereocenters. The van der Waals surface area contributed by atoms with E-state index in [1.807, 2.05) is 44.2 Å². The fourth-order valence-corrected chi connectivity index (χ4v) is 4.25. The highest BCUT2D eigenvalue weighted by molar-refractivity contribution is 5.82. The molecule has 0 fully saturated rings. The van der Waals surface area contributed by atoms with Crippen molar-refractivity contribution in [3.05, 3.63) is 63.1 Å². The van der Waals surface area contributed by atoms with Crippen molar-refractivity contribution >= 4 is 17.1 Å². The van der Waals surface area contributed by atoms with E-state index in [0.717, 1.165) is 41.5 Å². The largest absolute Gasteiger partial charge is 0.478 e. The fraction of sp³-hybridized carbons (Fsp3) is 0.481. The second kappa shape index (κ2) is 10.7. The molecule has 0 aliphatic rings. The first kappa shape index (κ1) is 24.6. The van der Waals surface area contributed by atoms with Gasteiger partial charge in [-0.15, -0.1) is 0 Å². The lowest BCUT2D eigenvalue weighted by molar-refractivity contribution is -0.145. The zero-order chi connectivity index (χ0) is 24.1. The number of carboxylic acids is 1. The summed E-state index contributed by atoms with van der Waals surface area (Å²) in [6.07, 6.45) is 2.67. The monoisotopic (exact) mass is 453 g/mol. The van der Waals surface area contributed by atoms with E-state index in [4.69, 9.17) is 9.15 Å². The van der Waals surface area contributed by atoms with Crippen molar-refractivity contribution in [2.45, 2.75) is 85.3 Å². The standard InChI is InChI=1S/C27H35NO5/c1-6-9-20-16-22-25(33-27(31)28(22)15-8-3)21(10-7-2)23(20)32-24(26(29)30)19-13-11-18(12-14-19)17(4)5/h11-14,16-17,24H,6-10,15H2,1-5H3,(H,29,30)/t24-/m0/s1. The summed E-state index contributed by atoms with van der Waals surface area (Å²) in [5.41, 5.74) is 4.67. The average molecular weight is 454 g/mol. The molecule has 33 heavy (non-hydrogen) atoms. The molecule has 0 aliphatic heterocycles. The van der Waals surface area contributed by atoms with Crippen molar-refractivity contribution < 1.29 is 19.1 Å². The summed E-state index contributed by atoms with van der Waals surface area (Å²) >= 11 is 0. The van der Waals surface area contributed by atoms with E-state index >= 15 is 0 Å². The number of hydrogen-bond donors (Lipinski definition) is 1. The molecule has 3 aromatic rings. The van der Waals surface area contributed by atoms with Crippen LogP contribution in [0.4, 0.5) is 0 Å². The Morgan fingerprint density at radius 1 is 1.03 bits per heavy atom. The van der Waals surface area contributed by atoms with Crippen molar-refractivity contribution in [2.24, 2.45) is 0 Å². The summed E-state index contributed by atoms with van der Waals surface area (Å²) in [6.45, 7) is 10.9. The lowest BCUT2D eigenvalue weighted by atomic mass is 9.98. The predicted octanol–water partition coefficient (Wildman–Crippen LogP) is 6.24. The van der Waals surface area contributed by atoms with E-state index in [0.29, 0.717) is 42.2 Å². The first-order valence-electron chi connectivity index (χ1n) is 12.0. The smallest absolute Gasteiger partial charge is 0.419 e. The molecule has 0 spiro atoms. The van der Waals surface area contributed by atoms with Crippen LogP contribution in [0.1, 0.15) is 88.2 Å². The molecular formula is C27H35NO5. The number of oxazole rings is 1. The quantitative estimate of drug-likeness (QED) is 0.372. The fourth-order valence-electron chi connectivity index (χ4n) is 4.25. The van der Waals surface area contributed by atoms with Crippen LogP contribution in [0.2, 0.25) is 0 Å². The maximum Gasteiger partial charge on any atom is 0.419 e. The number of carboxylic acid groups (broad SMARTS) is 1. The van der Waals surface area contributed by atoms with Crippen molar-refractivity contribution in [1.82, 2.24) is 4.57 Å². The van der Waals surface area contributed by atoms with Gasteiger partial charge in [0.25, 0.3) is 0 Å².